The van der Waals surface area contributed by atoms with Crippen LogP contribution < -0.4 is 21.5 Å². The smallest absolute Gasteiger partial charge is 0.407 e. The number of cyclic esters (lactones) is 1. The molecule has 0 bridgehead atoms. The van der Waals surface area contributed by atoms with Crippen molar-refractivity contribution in [1.82, 2.24) is 29.4 Å². The number of aryl methyl sites for hydroxylation is 1. The molecular formula is C18H20ClN7O4. The number of nitrogens with one attached hydrogen (secondary N) is 1. The number of ether oxygens (including phenoxy) is 2. The summed E-state index contributed by atoms with van der Waals surface area (Å²) >= 11 is 6.31. The molecule has 3 aromatic rings. The number of aromatic nitrogens is 5. The van der Waals surface area contributed by atoms with Crippen molar-refractivity contribution in [3.63, 3.8) is 0 Å². The topological polar surface area (TPSA) is 139 Å². The number of anilines is 1. The number of carbonyl (C=O) groups excluding carboxylic acids is 1. The number of amides is 1. The number of nitrogens with two attached hydrogens (primary N) is 1. The van der Waals surface area contributed by atoms with E-state index in [9.17, 15) is 9.59 Å². The number of methoxy groups -OCH3 is 1. The number of hydrogen-bond acceptors (Lipinski definition) is 8. The minimum atomic E-state index is -0.532. The fourth-order valence-corrected chi connectivity index (χ4v) is 3.89. The van der Waals surface area contributed by atoms with Gasteiger partial charge in [0.15, 0.2) is 10.8 Å². The van der Waals surface area contributed by atoms with Crippen LogP contribution in [0.1, 0.15) is 16.8 Å². The third kappa shape index (κ3) is 3.30. The van der Waals surface area contributed by atoms with E-state index in [-0.39, 0.29) is 36.4 Å². The molecule has 1 atom stereocenters. The van der Waals surface area contributed by atoms with Gasteiger partial charge in [0.1, 0.15) is 17.4 Å². The molecule has 0 saturated carbocycles. The molecule has 1 unspecified atom stereocenters. The average molecular weight is 434 g/mol. The molecule has 3 aromatic heterocycles. The van der Waals surface area contributed by atoms with E-state index in [1.54, 1.807) is 13.3 Å². The highest BCUT2D eigenvalue weighted by Gasteiger charge is 2.27. The third-order valence-electron chi connectivity index (χ3n) is 5.02. The van der Waals surface area contributed by atoms with Crippen LogP contribution in [0.2, 0.25) is 5.15 Å². The molecule has 0 aromatic carbocycles. The summed E-state index contributed by atoms with van der Waals surface area (Å²) in [5.74, 6) is 0.645. The lowest BCUT2D eigenvalue weighted by Crippen LogP contribution is -2.30. The van der Waals surface area contributed by atoms with Gasteiger partial charge in [-0.25, -0.2) is 9.59 Å². The van der Waals surface area contributed by atoms with E-state index in [0.29, 0.717) is 17.0 Å². The van der Waals surface area contributed by atoms with Crippen molar-refractivity contribution in [1.29, 1.82) is 0 Å². The van der Waals surface area contributed by atoms with E-state index < -0.39 is 17.9 Å². The lowest BCUT2D eigenvalue weighted by Gasteiger charge is -2.12. The number of nitrogen functional groups attached to an aromatic ring is 1. The van der Waals surface area contributed by atoms with Crippen LogP contribution in [0, 0.1) is 13.8 Å². The molecule has 1 aliphatic rings. The highest BCUT2D eigenvalue weighted by Crippen LogP contribution is 2.26. The maximum atomic E-state index is 13.3. The second-order valence-electron chi connectivity index (χ2n) is 6.98. The number of alkyl carbamates (subject to hydrolysis) is 1. The monoisotopic (exact) mass is 433 g/mol. The van der Waals surface area contributed by atoms with Crippen LogP contribution in [0.25, 0.3) is 11.2 Å². The van der Waals surface area contributed by atoms with Gasteiger partial charge < -0.3 is 20.5 Å². The summed E-state index contributed by atoms with van der Waals surface area (Å²) in [5.41, 5.74) is 8.31. The SMILES string of the molecule is COc1c(C)cnc(Cn2c(=O)n(CC3CNC(=O)O3)c3c(Cl)nc(N)nc32)c1C. The van der Waals surface area contributed by atoms with Gasteiger partial charge in [-0.3, -0.25) is 14.1 Å². The standard InChI is InChI=1S/C18H20ClN7O4/c1-8-4-21-11(9(2)13(8)29-3)7-26-15-12(14(19)23-16(20)24-15)25(18(26)28)6-10-5-22-17(27)30-10/h4,10H,5-7H2,1-3H3,(H,22,27)(H2,20,23,24). The fourth-order valence-electron chi connectivity index (χ4n) is 3.61. The molecule has 0 aliphatic carbocycles. The molecule has 1 amide bonds. The Morgan fingerprint density at radius 1 is 1.33 bits per heavy atom. The average Bonchev–Trinajstić information content (AvgIpc) is 3.20. The first-order valence-corrected chi connectivity index (χ1v) is 9.53. The Balaban J connectivity index is 1.85. The largest absolute Gasteiger partial charge is 0.496 e. The number of nitrogens with zero attached hydrogens (tertiary/aromatic N) is 5. The summed E-state index contributed by atoms with van der Waals surface area (Å²) in [5, 5.41) is 2.60. The molecule has 30 heavy (non-hydrogen) atoms. The molecule has 12 heteroatoms. The Kier molecular flexibility index (Phi) is 4.98. The molecule has 0 radical (unpaired) electrons. The molecule has 1 aliphatic heterocycles. The summed E-state index contributed by atoms with van der Waals surface area (Å²) in [7, 11) is 1.59. The summed E-state index contributed by atoms with van der Waals surface area (Å²) in [6.07, 6.45) is 0.628. The number of fused-ring (bicyclic) bond motifs is 1. The van der Waals surface area contributed by atoms with Crippen molar-refractivity contribution in [2.75, 3.05) is 19.4 Å². The van der Waals surface area contributed by atoms with Crippen LogP contribution in [-0.2, 0) is 17.8 Å². The third-order valence-corrected chi connectivity index (χ3v) is 5.28. The first-order valence-electron chi connectivity index (χ1n) is 9.15. The van der Waals surface area contributed by atoms with Crippen LogP contribution in [-0.4, -0.2) is 49.9 Å². The number of rotatable bonds is 5. The maximum absolute atomic E-state index is 13.3. The predicted molar refractivity (Wildman–Crippen MR) is 109 cm³/mol. The quantitative estimate of drug-likeness (QED) is 0.568. The van der Waals surface area contributed by atoms with Gasteiger partial charge in [-0.2, -0.15) is 9.97 Å². The van der Waals surface area contributed by atoms with Gasteiger partial charge in [-0.05, 0) is 13.8 Å². The van der Waals surface area contributed by atoms with Crippen LogP contribution in [0.5, 0.6) is 5.75 Å². The Bertz CT molecular complexity index is 1220. The number of halogens is 1. The lowest BCUT2D eigenvalue weighted by atomic mass is 10.1. The summed E-state index contributed by atoms with van der Waals surface area (Å²) < 4.78 is 13.4. The first kappa shape index (κ1) is 20.0. The molecule has 4 rings (SSSR count). The van der Waals surface area contributed by atoms with Gasteiger partial charge in [-0.15, -0.1) is 0 Å². The van der Waals surface area contributed by atoms with Gasteiger partial charge in [0.2, 0.25) is 5.95 Å². The summed E-state index contributed by atoms with van der Waals surface area (Å²) in [6, 6.07) is 0. The second-order valence-corrected chi connectivity index (χ2v) is 7.34. The molecule has 3 N–H and O–H groups in total. The Morgan fingerprint density at radius 2 is 2.10 bits per heavy atom. The summed E-state index contributed by atoms with van der Waals surface area (Å²) in [4.78, 5) is 37.3. The van der Waals surface area contributed by atoms with Crippen molar-refractivity contribution in [2.24, 2.45) is 0 Å². The van der Waals surface area contributed by atoms with Crippen LogP contribution in [0.3, 0.4) is 0 Å². The molecule has 158 valence electrons. The second kappa shape index (κ2) is 7.48. The molecule has 0 spiro atoms. The molecular weight excluding hydrogens is 414 g/mol. The van der Waals surface area contributed by atoms with Crippen LogP contribution in [0.15, 0.2) is 11.0 Å². The zero-order chi connectivity index (χ0) is 21.6. The van der Waals surface area contributed by atoms with E-state index in [1.165, 1.54) is 9.13 Å². The molecule has 4 heterocycles. The summed E-state index contributed by atoms with van der Waals surface area (Å²) in [6.45, 7) is 4.27. The number of imidazole rings is 1. The normalized spacial score (nSPS) is 16.0. The van der Waals surface area contributed by atoms with Crippen LogP contribution in [0.4, 0.5) is 10.7 Å². The van der Waals surface area contributed by atoms with E-state index >= 15 is 0 Å². The first-order chi connectivity index (χ1) is 14.3. The van der Waals surface area contributed by atoms with Gasteiger partial charge in [0.25, 0.3) is 0 Å². The van der Waals surface area contributed by atoms with Gasteiger partial charge in [0.05, 0.1) is 32.4 Å². The maximum Gasteiger partial charge on any atom is 0.407 e. The Labute approximate surface area is 175 Å². The Hall–Kier alpha value is -3.34. The highest BCUT2D eigenvalue weighted by molar-refractivity contribution is 6.33. The van der Waals surface area contributed by atoms with E-state index in [2.05, 4.69) is 20.3 Å². The van der Waals surface area contributed by atoms with Gasteiger partial charge in [0, 0.05) is 17.3 Å². The molecule has 1 saturated heterocycles. The molecule has 1 fully saturated rings. The van der Waals surface area contributed by atoms with Crippen molar-refractivity contribution >= 4 is 34.8 Å². The highest BCUT2D eigenvalue weighted by atomic mass is 35.5. The minimum absolute atomic E-state index is 0.0387. The fraction of sp³-hybridized carbons (Fsp3) is 0.389. The number of hydrogen-bond donors (Lipinski definition) is 2. The van der Waals surface area contributed by atoms with E-state index in [4.69, 9.17) is 26.8 Å². The van der Waals surface area contributed by atoms with Gasteiger partial charge >= 0.3 is 11.8 Å². The van der Waals surface area contributed by atoms with Gasteiger partial charge in [-0.1, -0.05) is 11.6 Å². The van der Waals surface area contributed by atoms with Crippen molar-refractivity contribution < 1.29 is 14.3 Å². The van der Waals surface area contributed by atoms with Crippen LogP contribution >= 0.6 is 11.6 Å². The lowest BCUT2D eigenvalue weighted by molar-refractivity contribution is 0.131. The Morgan fingerprint density at radius 3 is 2.77 bits per heavy atom. The van der Waals surface area contributed by atoms with Crippen molar-refractivity contribution in [2.45, 2.75) is 33.0 Å². The van der Waals surface area contributed by atoms with Crippen molar-refractivity contribution in [3.8, 4) is 5.75 Å². The van der Waals surface area contributed by atoms with E-state index in [0.717, 1.165) is 11.1 Å². The number of carbonyl (C=O) groups is 1. The predicted octanol–water partition coefficient (Wildman–Crippen LogP) is 1.01. The van der Waals surface area contributed by atoms with E-state index in [1.807, 2.05) is 13.8 Å². The van der Waals surface area contributed by atoms with Crippen molar-refractivity contribution in [3.05, 3.63) is 38.7 Å². The zero-order valence-electron chi connectivity index (χ0n) is 16.6. The number of pyridine rings is 1. The zero-order valence-corrected chi connectivity index (χ0v) is 17.4. The molecule has 11 nitrogen and oxygen atoms in total. The minimum Gasteiger partial charge on any atom is -0.496 e.